The van der Waals surface area contributed by atoms with Crippen LogP contribution in [0.5, 0.6) is 5.75 Å². The SMILES string of the molecule is COc1ccc(NC(=O)c2cn(C)nc2CC2CCN(S(=O)(=O)N(C)C)CC2)cc1. The van der Waals surface area contributed by atoms with Crippen LogP contribution in [-0.2, 0) is 23.7 Å². The average Bonchev–Trinajstić information content (AvgIpc) is 3.09. The van der Waals surface area contributed by atoms with Crippen molar-refractivity contribution < 1.29 is 17.9 Å². The molecule has 10 heteroatoms. The van der Waals surface area contributed by atoms with Gasteiger partial charge in [-0.1, -0.05) is 0 Å². The second kappa shape index (κ2) is 9.15. The highest BCUT2D eigenvalue weighted by atomic mass is 32.2. The predicted molar refractivity (Wildman–Crippen MR) is 115 cm³/mol. The molecule has 0 aliphatic carbocycles. The Kier molecular flexibility index (Phi) is 6.79. The van der Waals surface area contributed by atoms with Gasteiger partial charge in [-0.15, -0.1) is 0 Å². The molecule has 30 heavy (non-hydrogen) atoms. The third-order valence-corrected chi connectivity index (χ3v) is 7.28. The Balaban J connectivity index is 1.65. The Morgan fingerprint density at radius 1 is 1.23 bits per heavy atom. The maximum atomic E-state index is 12.8. The third kappa shape index (κ3) is 5.00. The van der Waals surface area contributed by atoms with Crippen LogP contribution in [0.3, 0.4) is 0 Å². The van der Waals surface area contributed by atoms with Crippen LogP contribution >= 0.6 is 0 Å². The van der Waals surface area contributed by atoms with E-state index in [0.717, 1.165) is 24.3 Å². The Bertz CT molecular complexity index is 977. The molecule has 0 atom stereocenters. The van der Waals surface area contributed by atoms with Crippen LogP contribution < -0.4 is 10.1 Å². The van der Waals surface area contributed by atoms with Gasteiger partial charge in [0.1, 0.15) is 5.75 Å². The number of anilines is 1. The number of nitrogens with zero attached hydrogens (tertiary/aromatic N) is 4. The maximum Gasteiger partial charge on any atom is 0.281 e. The second-order valence-corrected chi connectivity index (χ2v) is 9.82. The van der Waals surface area contributed by atoms with Gasteiger partial charge in [0, 0.05) is 46.1 Å². The molecule has 164 valence electrons. The van der Waals surface area contributed by atoms with Crippen LogP contribution in [0.25, 0.3) is 0 Å². The summed E-state index contributed by atoms with van der Waals surface area (Å²) < 4.78 is 34.1. The Morgan fingerprint density at radius 3 is 2.43 bits per heavy atom. The number of rotatable bonds is 7. The van der Waals surface area contributed by atoms with Gasteiger partial charge in [0.15, 0.2) is 0 Å². The monoisotopic (exact) mass is 435 g/mol. The molecule has 9 nitrogen and oxygen atoms in total. The number of amides is 1. The van der Waals surface area contributed by atoms with Crippen molar-refractivity contribution in [2.75, 3.05) is 39.6 Å². The molecule has 0 radical (unpaired) electrons. The summed E-state index contributed by atoms with van der Waals surface area (Å²) >= 11 is 0. The maximum absolute atomic E-state index is 12.8. The minimum absolute atomic E-state index is 0.212. The summed E-state index contributed by atoms with van der Waals surface area (Å²) in [6, 6.07) is 7.14. The van der Waals surface area contributed by atoms with Gasteiger partial charge in [-0.25, -0.2) is 0 Å². The van der Waals surface area contributed by atoms with Crippen LogP contribution in [0.2, 0.25) is 0 Å². The molecule has 2 aromatic rings. The van der Waals surface area contributed by atoms with Crippen molar-refractivity contribution in [2.24, 2.45) is 13.0 Å². The number of nitrogens with one attached hydrogen (secondary N) is 1. The Morgan fingerprint density at radius 2 is 1.87 bits per heavy atom. The van der Waals surface area contributed by atoms with E-state index >= 15 is 0 Å². The zero-order valence-electron chi connectivity index (χ0n) is 17.8. The number of benzene rings is 1. The molecule has 0 spiro atoms. The predicted octanol–water partition coefficient (Wildman–Crippen LogP) is 1.74. The highest BCUT2D eigenvalue weighted by Crippen LogP contribution is 2.25. The van der Waals surface area contributed by atoms with E-state index in [1.807, 2.05) is 0 Å². The lowest BCUT2D eigenvalue weighted by Crippen LogP contribution is -2.44. The largest absolute Gasteiger partial charge is 0.497 e. The van der Waals surface area contributed by atoms with E-state index in [2.05, 4.69) is 10.4 Å². The topological polar surface area (TPSA) is 96.8 Å². The number of hydrogen-bond donors (Lipinski definition) is 1. The number of ether oxygens (including phenoxy) is 1. The zero-order valence-corrected chi connectivity index (χ0v) is 18.6. The fraction of sp³-hybridized carbons (Fsp3) is 0.500. The van der Waals surface area contributed by atoms with Crippen molar-refractivity contribution in [1.29, 1.82) is 0 Å². The molecule has 1 aromatic heterocycles. The number of hydrogen-bond acceptors (Lipinski definition) is 5. The Hall–Kier alpha value is -2.43. The number of piperidine rings is 1. The van der Waals surface area contributed by atoms with Gasteiger partial charge in [0.05, 0.1) is 18.4 Å². The van der Waals surface area contributed by atoms with Crippen molar-refractivity contribution in [3.05, 3.63) is 41.7 Å². The molecule has 1 amide bonds. The molecular weight excluding hydrogens is 406 g/mol. The lowest BCUT2D eigenvalue weighted by atomic mass is 9.92. The first-order valence-corrected chi connectivity index (χ1v) is 11.3. The molecule has 1 aliphatic rings. The van der Waals surface area contributed by atoms with Gasteiger partial charge < -0.3 is 10.1 Å². The summed E-state index contributed by atoms with van der Waals surface area (Å²) in [6.07, 6.45) is 3.84. The summed E-state index contributed by atoms with van der Waals surface area (Å²) in [5.74, 6) is 0.787. The Labute approximate surface area is 177 Å². The number of aryl methyl sites for hydroxylation is 1. The fourth-order valence-corrected chi connectivity index (χ4v) is 4.73. The summed E-state index contributed by atoms with van der Waals surface area (Å²) in [7, 11) is 3.09. The highest BCUT2D eigenvalue weighted by molar-refractivity contribution is 7.86. The van der Waals surface area contributed by atoms with E-state index in [-0.39, 0.29) is 11.8 Å². The molecule has 0 bridgehead atoms. The fourth-order valence-electron chi connectivity index (χ4n) is 3.60. The minimum Gasteiger partial charge on any atom is -0.497 e. The molecule has 1 aliphatic heterocycles. The molecular formula is C20H29N5O4S. The van der Waals surface area contributed by atoms with E-state index in [9.17, 15) is 13.2 Å². The second-order valence-electron chi connectivity index (χ2n) is 7.68. The molecule has 0 saturated carbocycles. The lowest BCUT2D eigenvalue weighted by Gasteiger charge is -2.32. The van der Waals surface area contributed by atoms with Crippen LogP contribution in [0, 0.1) is 5.92 Å². The summed E-state index contributed by atoms with van der Waals surface area (Å²) in [6.45, 7) is 0.955. The van der Waals surface area contributed by atoms with E-state index in [0.29, 0.717) is 30.8 Å². The first-order chi connectivity index (χ1) is 14.2. The van der Waals surface area contributed by atoms with E-state index in [1.165, 1.54) is 8.61 Å². The quantitative estimate of drug-likeness (QED) is 0.715. The van der Waals surface area contributed by atoms with E-state index in [1.54, 1.807) is 63.4 Å². The van der Waals surface area contributed by atoms with Gasteiger partial charge in [-0.3, -0.25) is 9.48 Å². The first-order valence-electron chi connectivity index (χ1n) is 9.86. The molecule has 1 saturated heterocycles. The van der Waals surface area contributed by atoms with Gasteiger partial charge in [0.2, 0.25) is 0 Å². The van der Waals surface area contributed by atoms with Crippen LogP contribution in [0.15, 0.2) is 30.5 Å². The van der Waals surface area contributed by atoms with Gasteiger partial charge in [-0.2, -0.15) is 22.1 Å². The van der Waals surface area contributed by atoms with E-state index < -0.39 is 10.2 Å². The van der Waals surface area contributed by atoms with Gasteiger partial charge >= 0.3 is 0 Å². The number of carbonyl (C=O) groups is 1. The molecule has 1 fully saturated rings. The van der Waals surface area contributed by atoms with E-state index in [4.69, 9.17) is 4.74 Å². The highest BCUT2D eigenvalue weighted by Gasteiger charge is 2.30. The zero-order chi connectivity index (χ0) is 21.9. The molecule has 1 aromatic carbocycles. The van der Waals surface area contributed by atoms with Crippen molar-refractivity contribution in [3.8, 4) is 5.75 Å². The summed E-state index contributed by atoms with van der Waals surface area (Å²) in [5, 5.41) is 7.39. The molecule has 2 heterocycles. The lowest BCUT2D eigenvalue weighted by molar-refractivity contribution is 0.102. The number of methoxy groups -OCH3 is 1. The van der Waals surface area contributed by atoms with Crippen molar-refractivity contribution in [3.63, 3.8) is 0 Å². The average molecular weight is 436 g/mol. The van der Waals surface area contributed by atoms with Crippen molar-refractivity contribution >= 4 is 21.8 Å². The van der Waals surface area contributed by atoms with Crippen LogP contribution in [0.1, 0.15) is 28.9 Å². The molecule has 0 unspecified atom stereocenters. The van der Waals surface area contributed by atoms with Crippen molar-refractivity contribution in [1.82, 2.24) is 18.4 Å². The minimum atomic E-state index is -3.38. The normalized spacial score (nSPS) is 16.0. The molecule has 1 N–H and O–H groups in total. The standard InChI is InChI=1S/C20H29N5O4S/c1-23(2)30(27,28)25-11-9-15(10-12-25)13-19-18(14-24(3)22-19)20(26)21-16-5-7-17(29-4)8-6-16/h5-8,14-15H,9-13H2,1-4H3,(H,21,26). The first kappa shape index (κ1) is 22.3. The van der Waals surface area contributed by atoms with Crippen molar-refractivity contribution in [2.45, 2.75) is 19.3 Å². The van der Waals surface area contributed by atoms with Gasteiger partial charge in [-0.05, 0) is 49.4 Å². The van der Waals surface area contributed by atoms with Crippen LogP contribution in [-0.4, -0.2) is 67.0 Å². The number of carbonyl (C=O) groups excluding carboxylic acids is 1. The number of aromatic nitrogens is 2. The third-order valence-electron chi connectivity index (χ3n) is 5.34. The summed E-state index contributed by atoms with van der Waals surface area (Å²) in [5.41, 5.74) is 1.95. The van der Waals surface area contributed by atoms with Crippen LogP contribution in [0.4, 0.5) is 5.69 Å². The molecule has 3 rings (SSSR count). The summed E-state index contributed by atoms with van der Waals surface area (Å²) in [4.78, 5) is 12.8. The van der Waals surface area contributed by atoms with Gasteiger partial charge in [0.25, 0.3) is 16.1 Å². The smallest absolute Gasteiger partial charge is 0.281 e.